The maximum Gasteiger partial charge on any atom is 0.198 e. The van der Waals surface area contributed by atoms with Gasteiger partial charge < -0.3 is 9.47 Å². The fraction of sp³-hybridized carbons (Fsp3) is 0.875. The summed E-state index contributed by atoms with van der Waals surface area (Å²) in [7, 11) is 0. The summed E-state index contributed by atoms with van der Waals surface area (Å²) >= 11 is 0. The number of rotatable bonds is 4. The lowest BCUT2D eigenvalue weighted by molar-refractivity contribution is 0.193. The lowest BCUT2D eigenvalue weighted by Gasteiger charge is -2.29. The van der Waals surface area contributed by atoms with Gasteiger partial charge >= 0.3 is 0 Å². The van der Waals surface area contributed by atoms with E-state index in [1.807, 2.05) is 0 Å². The standard InChI is InChI=1S/C16H28N4O2/c1-13-11-21-15(17-13)9-19-5-3-7-20(8-4-6-19)10-16-18-14(2)12-22-16/h13-14H,3-12H2,1-2H3/t13-,14-/m0/s1. The van der Waals surface area contributed by atoms with Crippen LogP contribution in [0.5, 0.6) is 0 Å². The molecule has 6 nitrogen and oxygen atoms in total. The van der Waals surface area contributed by atoms with E-state index < -0.39 is 0 Å². The van der Waals surface area contributed by atoms with Crippen LogP contribution in [-0.4, -0.2) is 86.2 Å². The molecule has 3 aliphatic heterocycles. The molecule has 2 atom stereocenters. The van der Waals surface area contributed by atoms with Gasteiger partial charge in [0.2, 0.25) is 0 Å². The topological polar surface area (TPSA) is 49.7 Å². The summed E-state index contributed by atoms with van der Waals surface area (Å²) in [5.41, 5.74) is 0. The van der Waals surface area contributed by atoms with Crippen LogP contribution in [0.2, 0.25) is 0 Å². The summed E-state index contributed by atoms with van der Waals surface area (Å²) < 4.78 is 11.3. The van der Waals surface area contributed by atoms with Crippen LogP contribution < -0.4 is 0 Å². The van der Waals surface area contributed by atoms with Gasteiger partial charge in [-0.05, 0) is 52.9 Å². The molecule has 0 unspecified atom stereocenters. The van der Waals surface area contributed by atoms with Crippen LogP contribution in [0.3, 0.4) is 0 Å². The van der Waals surface area contributed by atoms with Gasteiger partial charge in [-0.25, -0.2) is 9.98 Å². The molecule has 0 aromatic carbocycles. The van der Waals surface area contributed by atoms with Crippen molar-refractivity contribution in [3.63, 3.8) is 0 Å². The average Bonchev–Trinajstić information content (AvgIpc) is 3.04. The monoisotopic (exact) mass is 308 g/mol. The summed E-state index contributed by atoms with van der Waals surface area (Å²) in [4.78, 5) is 14.0. The highest BCUT2D eigenvalue weighted by molar-refractivity contribution is 5.80. The van der Waals surface area contributed by atoms with E-state index in [1.54, 1.807) is 0 Å². The molecule has 0 spiro atoms. The number of ether oxygens (including phenoxy) is 2. The average molecular weight is 308 g/mol. The van der Waals surface area contributed by atoms with Gasteiger partial charge in [0.05, 0.1) is 25.2 Å². The third kappa shape index (κ3) is 4.43. The van der Waals surface area contributed by atoms with Crippen molar-refractivity contribution >= 4 is 11.8 Å². The summed E-state index contributed by atoms with van der Waals surface area (Å²) in [6, 6.07) is 0.657. The SMILES string of the molecule is C[C@H]1COC(CN2CCCN(CC3=N[C@@H](C)CO3)CCC2)=N1. The molecule has 0 saturated carbocycles. The van der Waals surface area contributed by atoms with Crippen molar-refractivity contribution < 1.29 is 9.47 Å². The molecule has 0 aromatic heterocycles. The highest BCUT2D eigenvalue weighted by atomic mass is 16.5. The Morgan fingerprint density at radius 3 is 1.55 bits per heavy atom. The van der Waals surface area contributed by atoms with Crippen molar-refractivity contribution in [1.29, 1.82) is 0 Å². The Hall–Kier alpha value is -1.14. The van der Waals surface area contributed by atoms with Crippen LogP contribution in [0, 0.1) is 0 Å². The van der Waals surface area contributed by atoms with E-state index in [0.717, 1.165) is 64.3 Å². The van der Waals surface area contributed by atoms with Gasteiger partial charge in [-0.3, -0.25) is 9.80 Å². The Labute approximate surface area is 133 Å². The summed E-state index contributed by atoms with van der Waals surface area (Å²) in [6.07, 6.45) is 2.34. The number of nitrogens with zero attached hydrogens (tertiary/aromatic N) is 4. The Balaban J connectivity index is 1.42. The molecular weight excluding hydrogens is 280 g/mol. The van der Waals surface area contributed by atoms with Gasteiger partial charge in [-0.2, -0.15) is 0 Å². The van der Waals surface area contributed by atoms with Gasteiger partial charge in [0.1, 0.15) is 13.2 Å². The third-order valence-corrected chi connectivity index (χ3v) is 4.33. The Morgan fingerprint density at radius 2 is 1.23 bits per heavy atom. The van der Waals surface area contributed by atoms with Crippen molar-refractivity contribution in [3.05, 3.63) is 0 Å². The number of hydrogen-bond acceptors (Lipinski definition) is 6. The van der Waals surface area contributed by atoms with Gasteiger partial charge in [0.25, 0.3) is 0 Å². The lowest BCUT2D eigenvalue weighted by atomic mass is 10.2. The second-order valence-corrected chi connectivity index (χ2v) is 6.63. The Bertz CT molecular complexity index is 390. The molecule has 0 bridgehead atoms. The van der Waals surface area contributed by atoms with E-state index >= 15 is 0 Å². The van der Waals surface area contributed by atoms with E-state index in [0.29, 0.717) is 12.1 Å². The van der Waals surface area contributed by atoms with Gasteiger partial charge in [0, 0.05) is 0 Å². The molecule has 3 rings (SSSR count). The molecule has 22 heavy (non-hydrogen) atoms. The molecule has 124 valence electrons. The largest absolute Gasteiger partial charge is 0.478 e. The van der Waals surface area contributed by atoms with E-state index in [1.165, 1.54) is 12.8 Å². The van der Waals surface area contributed by atoms with Crippen LogP contribution in [0.1, 0.15) is 26.7 Å². The maximum atomic E-state index is 5.63. The molecule has 0 N–H and O–H groups in total. The quantitative estimate of drug-likeness (QED) is 0.778. The first-order valence-corrected chi connectivity index (χ1v) is 8.52. The van der Waals surface area contributed by atoms with E-state index in [-0.39, 0.29) is 0 Å². The fourth-order valence-corrected chi connectivity index (χ4v) is 3.21. The Morgan fingerprint density at radius 1 is 0.818 bits per heavy atom. The second-order valence-electron chi connectivity index (χ2n) is 6.63. The fourth-order valence-electron chi connectivity index (χ4n) is 3.21. The minimum absolute atomic E-state index is 0.329. The zero-order chi connectivity index (χ0) is 15.4. The van der Waals surface area contributed by atoms with Crippen molar-refractivity contribution in [2.24, 2.45) is 9.98 Å². The predicted octanol–water partition coefficient (Wildman–Crippen LogP) is 1.02. The Kier molecular flexibility index (Phi) is 5.31. The van der Waals surface area contributed by atoms with Gasteiger partial charge in [-0.1, -0.05) is 0 Å². The molecule has 0 aliphatic carbocycles. The summed E-state index contributed by atoms with van der Waals surface area (Å²) in [5.74, 6) is 1.85. The number of hydrogen-bond donors (Lipinski definition) is 0. The smallest absolute Gasteiger partial charge is 0.198 e. The third-order valence-electron chi connectivity index (χ3n) is 4.33. The van der Waals surface area contributed by atoms with E-state index in [4.69, 9.17) is 9.47 Å². The van der Waals surface area contributed by atoms with Crippen LogP contribution in [-0.2, 0) is 9.47 Å². The van der Waals surface area contributed by atoms with Gasteiger partial charge in [-0.15, -0.1) is 0 Å². The first kappa shape index (κ1) is 15.7. The normalized spacial score (nSPS) is 31.0. The van der Waals surface area contributed by atoms with Crippen LogP contribution in [0.25, 0.3) is 0 Å². The van der Waals surface area contributed by atoms with Crippen molar-refractivity contribution in [2.75, 3.05) is 52.5 Å². The van der Waals surface area contributed by atoms with Crippen LogP contribution in [0.4, 0.5) is 0 Å². The van der Waals surface area contributed by atoms with E-state index in [9.17, 15) is 0 Å². The minimum atomic E-state index is 0.329. The van der Waals surface area contributed by atoms with Crippen LogP contribution in [0.15, 0.2) is 9.98 Å². The predicted molar refractivity (Wildman–Crippen MR) is 87.8 cm³/mol. The molecule has 0 amide bonds. The number of aliphatic imine (C=N–C) groups is 2. The molecule has 6 heteroatoms. The lowest BCUT2D eigenvalue weighted by Crippen LogP contribution is -2.40. The highest BCUT2D eigenvalue weighted by Crippen LogP contribution is 2.10. The molecule has 1 fully saturated rings. The van der Waals surface area contributed by atoms with Crippen molar-refractivity contribution in [1.82, 2.24) is 9.80 Å². The zero-order valence-electron chi connectivity index (χ0n) is 13.8. The molecule has 3 heterocycles. The van der Waals surface area contributed by atoms with Crippen molar-refractivity contribution in [3.8, 4) is 0 Å². The van der Waals surface area contributed by atoms with Gasteiger partial charge in [0.15, 0.2) is 11.8 Å². The highest BCUT2D eigenvalue weighted by Gasteiger charge is 2.21. The molecule has 3 aliphatic rings. The first-order chi connectivity index (χ1) is 10.7. The van der Waals surface area contributed by atoms with Crippen LogP contribution >= 0.6 is 0 Å². The molecule has 1 saturated heterocycles. The first-order valence-electron chi connectivity index (χ1n) is 8.52. The molecule has 0 aromatic rings. The second kappa shape index (κ2) is 7.42. The van der Waals surface area contributed by atoms with Crippen molar-refractivity contribution in [2.45, 2.75) is 38.8 Å². The maximum absolute atomic E-state index is 5.63. The summed E-state index contributed by atoms with van der Waals surface area (Å²) in [5, 5.41) is 0. The minimum Gasteiger partial charge on any atom is -0.478 e. The zero-order valence-corrected chi connectivity index (χ0v) is 13.8. The molecule has 0 radical (unpaired) electrons. The van der Waals surface area contributed by atoms with E-state index in [2.05, 4.69) is 33.6 Å². The molecular formula is C16H28N4O2. The summed E-state index contributed by atoms with van der Waals surface area (Å²) in [6.45, 7) is 11.9.